The average Bonchev–Trinajstić information content (AvgIpc) is 4.40. The first kappa shape index (κ1) is 55.0. The fraction of sp³-hybridized carbons (Fsp3) is 0.397. The fourth-order valence-electron chi connectivity index (χ4n) is 15.3. The number of aromatic nitrogens is 9. The number of nitrogens with zero attached hydrogens (tertiary/aromatic N) is 6. The quantitative estimate of drug-likeness (QED) is 0.0734. The van der Waals surface area contributed by atoms with Gasteiger partial charge >= 0.3 is 6.09 Å². The molecule has 0 radical (unpaired) electrons. The fourth-order valence-corrected chi connectivity index (χ4v) is 16.0. The average molecular weight is 1190 g/mol. The minimum Gasteiger partial charge on any atom is -0.452 e. The van der Waals surface area contributed by atoms with Gasteiger partial charge in [0.05, 0.1) is 89.8 Å². The molecule has 9 heterocycles. The third kappa shape index (κ3) is 9.19. The van der Waals surface area contributed by atoms with Gasteiger partial charge in [-0.3, -0.25) is 25.0 Å². The van der Waals surface area contributed by atoms with Gasteiger partial charge in [0, 0.05) is 78.5 Å². The third-order valence-corrected chi connectivity index (χ3v) is 20.8. The van der Waals surface area contributed by atoms with E-state index in [9.17, 15) is 9.59 Å². The highest BCUT2D eigenvalue weighted by molar-refractivity contribution is 7.94. The number of carbonyl (C=O) groups excluding carboxylic acids is 2. The summed E-state index contributed by atoms with van der Waals surface area (Å²) < 4.78 is 11.3. The molecule has 3 aliphatic heterocycles. The molecule has 7 aliphatic rings. The number of methoxy groups -OCH3 is 1. The zero-order valence-electron chi connectivity index (χ0n) is 50.2. The minimum atomic E-state index is -0.298. The van der Waals surface area contributed by atoms with Crippen molar-refractivity contribution in [3.8, 4) is 34.2 Å². The van der Waals surface area contributed by atoms with Crippen LogP contribution in [0.25, 0.3) is 66.9 Å². The summed E-state index contributed by atoms with van der Waals surface area (Å²) in [5.41, 5.74) is 25.2. The molecule has 4 aliphatic carbocycles. The zero-order valence-corrected chi connectivity index (χ0v) is 52.2. The summed E-state index contributed by atoms with van der Waals surface area (Å²) in [5, 5.41) is 29.4. The van der Waals surface area contributed by atoms with Crippen molar-refractivity contribution < 1.29 is 18.6 Å². The van der Waals surface area contributed by atoms with E-state index in [2.05, 4.69) is 167 Å². The molecule has 16 nitrogen and oxygen atoms in total. The van der Waals surface area contributed by atoms with Crippen LogP contribution in [-0.4, -0.2) is 84.3 Å². The maximum Gasteiger partial charge on any atom is 0.414 e. The van der Waals surface area contributed by atoms with Gasteiger partial charge in [-0.2, -0.15) is 19.6 Å². The number of fused-ring (bicyclic) bond motifs is 18. The van der Waals surface area contributed by atoms with Crippen molar-refractivity contribution in [3.63, 3.8) is 0 Å². The Bertz CT molecular complexity index is 4340. The van der Waals surface area contributed by atoms with E-state index in [4.69, 9.17) is 9.02 Å². The Labute approximate surface area is 507 Å². The van der Waals surface area contributed by atoms with Crippen LogP contribution in [0.15, 0.2) is 84.1 Å². The van der Waals surface area contributed by atoms with Crippen LogP contribution in [0.5, 0.6) is 0 Å². The molecule has 6 aromatic heterocycles. The Balaban J connectivity index is 0.000000109. The molecule has 0 spiro atoms. The van der Waals surface area contributed by atoms with Gasteiger partial charge in [-0.15, -0.1) is 9.24 Å². The van der Waals surface area contributed by atoms with Crippen LogP contribution in [-0.2, 0) is 68.6 Å². The molecule has 0 bridgehead atoms. The molecular weight excluding hydrogens is 1110 g/mol. The van der Waals surface area contributed by atoms with E-state index >= 15 is 0 Å². The molecule has 4 aromatic carbocycles. The molecule has 1 saturated carbocycles. The van der Waals surface area contributed by atoms with Crippen molar-refractivity contribution in [2.45, 2.75) is 146 Å². The van der Waals surface area contributed by atoms with Gasteiger partial charge in [0.15, 0.2) is 0 Å². The topological polar surface area (TPSA) is 196 Å². The summed E-state index contributed by atoms with van der Waals surface area (Å²) in [5.74, 6) is 0.550. The number of carbonyl (C=O) groups is 2. The molecular formula is C68H75N12O4PS. The molecule has 1 fully saturated rings. The van der Waals surface area contributed by atoms with Gasteiger partial charge in [-0.25, -0.2) is 9.86 Å². The number of hydroxylamine groups is 1. The van der Waals surface area contributed by atoms with Crippen LogP contribution in [0.2, 0.25) is 0 Å². The lowest BCUT2D eigenvalue weighted by Gasteiger charge is -2.23. The highest BCUT2D eigenvalue weighted by atomic mass is 32.2. The van der Waals surface area contributed by atoms with Gasteiger partial charge in [-0.1, -0.05) is 66.5 Å². The second-order valence-corrected chi connectivity index (χ2v) is 28.4. The monoisotopic (exact) mass is 1190 g/mol. The van der Waals surface area contributed by atoms with Gasteiger partial charge in [0.1, 0.15) is 0 Å². The smallest absolute Gasteiger partial charge is 0.414 e. The molecule has 1 unspecified atom stereocenters. The Morgan fingerprint density at radius 2 is 0.953 bits per heavy atom. The summed E-state index contributed by atoms with van der Waals surface area (Å²) in [6, 6.07) is 22.0. The van der Waals surface area contributed by atoms with Gasteiger partial charge in [-0.05, 0) is 175 Å². The molecule has 18 heteroatoms. The SMILES string of the molecule is CC1(C)CN(C(=O)C2CCCC2)c2cc3c4c([nH]c3cc21)-c1[nH]ncc1CCC4.CC1(C)CN(OSc2ccc(P)cc2)c2cc3c4c([nH]c3cc21)-c1[nH]ncc1CCC4.COC(=O)N1CC(C)(C)c2cc3[nH]c4c(c3cc21)CCCc1cn[nH]c1-4. The van der Waals surface area contributed by atoms with E-state index in [0.29, 0.717) is 12.5 Å². The van der Waals surface area contributed by atoms with E-state index in [1.807, 2.05) is 18.6 Å². The number of benzene rings is 4. The summed E-state index contributed by atoms with van der Waals surface area (Å²) in [7, 11) is 4.16. The van der Waals surface area contributed by atoms with Crippen molar-refractivity contribution >= 4 is 88.4 Å². The number of aryl methyl sites for hydroxylation is 6. The van der Waals surface area contributed by atoms with Gasteiger partial charge in [0.25, 0.3) is 0 Å². The van der Waals surface area contributed by atoms with Crippen LogP contribution in [0.3, 0.4) is 0 Å². The highest BCUT2D eigenvalue weighted by Gasteiger charge is 2.43. The summed E-state index contributed by atoms with van der Waals surface area (Å²) in [6.45, 7) is 15.7. The van der Waals surface area contributed by atoms with E-state index in [-0.39, 0.29) is 28.3 Å². The summed E-state index contributed by atoms with van der Waals surface area (Å²) >= 11 is 1.42. The second-order valence-electron chi connectivity index (χ2n) is 26.9. The van der Waals surface area contributed by atoms with E-state index in [0.717, 1.165) is 128 Å². The Hall–Kier alpha value is -7.59. The first-order chi connectivity index (χ1) is 41.5. The van der Waals surface area contributed by atoms with E-state index in [1.165, 1.54) is 132 Å². The van der Waals surface area contributed by atoms with E-state index < -0.39 is 0 Å². The third-order valence-electron chi connectivity index (χ3n) is 19.7. The number of anilines is 3. The molecule has 2 amide bonds. The van der Waals surface area contributed by atoms with Crippen LogP contribution in [0.4, 0.5) is 21.9 Å². The van der Waals surface area contributed by atoms with E-state index in [1.54, 1.807) is 4.90 Å². The van der Waals surface area contributed by atoms with Crippen molar-refractivity contribution in [2.75, 3.05) is 41.6 Å². The molecule has 0 saturated heterocycles. The predicted molar refractivity (Wildman–Crippen MR) is 347 cm³/mol. The predicted octanol–water partition coefficient (Wildman–Crippen LogP) is 14.1. The number of H-pyrrole nitrogens is 6. The summed E-state index contributed by atoms with van der Waals surface area (Å²) in [6.07, 6.45) is 19.7. The molecule has 6 N–H and O–H groups in total. The minimum absolute atomic E-state index is 0.00958. The zero-order chi connectivity index (χ0) is 59.0. The van der Waals surface area contributed by atoms with Crippen LogP contribution < -0.4 is 20.2 Å². The maximum atomic E-state index is 13.3. The lowest BCUT2D eigenvalue weighted by Crippen LogP contribution is -2.37. The molecule has 442 valence electrons. The van der Waals surface area contributed by atoms with Gasteiger partial charge < -0.3 is 24.6 Å². The van der Waals surface area contributed by atoms with Crippen molar-refractivity contribution in [3.05, 3.63) is 129 Å². The number of hydrogen-bond acceptors (Lipinski definition) is 9. The normalized spacial score (nSPS) is 18.3. The molecule has 10 aromatic rings. The molecule has 1 atom stereocenters. The second kappa shape index (κ2) is 20.8. The Morgan fingerprint density at radius 3 is 1.42 bits per heavy atom. The maximum absolute atomic E-state index is 13.3. The first-order valence-corrected chi connectivity index (χ1v) is 32.1. The number of ether oxygens (including phenoxy) is 1. The number of hydrogen-bond donors (Lipinski definition) is 6. The number of nitrogens with one attached hydrogen (secondary N) is 6. The Morgan fingerprint density at radius 1 is 0.535 bits per heavy atom. The number of amides is 2. The number of rotatable bonds is 4. The Kier molecular flexibility index (Phi) is 13.3. The molecule has 86 heavy (non-hydrogen) atoms. The van der Waals surface area contributed by atoms with Crippen molar-refractivity contribution in [1.82, 2.24) is 45.5 Å². The largest absolute Gasteiger partial charge is 0.452 e. The lowest BCUT2D eigenvalue weighted by atomic mass is 9.86. The van der Waals surface area contributed by atoms with Crippen LogP contribution in [0.1, 0.15) is 137 Å². The standard InChI is InChI=1S/C24H25N4OPS.C24H28N4O.C20H22N4O2/c1-24(2)13-28(29-31-16-8-6-15(30)7-9-16)21-10-18-17-5-3-4-14-12-25-27-22(14)23(17)26-20(18)11-19(21)24;1-24(2)13-28(23(29)14-6-3-4-7-14)20-10-17-16-9-5-8-15-12-25-27-21(15)22(16)26-19(17)11-18(20)24;1-20(2)10-24(19(25)26-3)16-7-13-12-6-4-5-11-9-21-23-17(11)18(12)22-15(13)8-14(16)20/h6-12,26H,3-5,13,30H2,1-2H3,(H,25,27);10-12,14,26H,3-9,13H2,1-2H3,(H,25,27);7-9,22H,4-6,10H2,1-3H3,(H,21,23). The highest BCUT2D eigenvalue weighted by Crippen LogP contribution is 2.50. The van der Waals surface area contributed by atoms with Gasteiger partial charge in [0.2, 0.25) is 5.91 Å². The van der Waals surface area contributed by atoms with Crippen molar-refractivity contribution in [2.24, 2.45) is 5.92 Å². The first-order valence-electron chi connectivity index (χ1n) is 30.8. The summed E-state index contributed by atoms with van der Waals surface area (Å²) in [4.78, 5) is 41.6. The van der Waals surface area contributed by atoms with Crippen molar-refractivity contribution in [1.29, 1.82) is 0 Å². The number of aromatic amines is 6. The van der Waals surface area contributed by atoms with Crippen LogP contribution >= 0.6 is 21.3 Å². The van der Waals surface area contributed by atoms with Crippen LogP contribution in [0, 0.1) is 5.92 Å². The lowest BCUT2D eigenvalue weighted by molar-refractivity contribution is -0.122. The molecule has 17 rings (SSSR count).